The Labute approximate surface area is 179 Å². The van der Waals surface area contributed by atoms with E-state index in [1.165, 1.54) is 4.90 Å². The molecule has 1 aliphatic carbocycles. The Morgan fingerprint density at radius 1 is 1.16 bits per heavy atom. The van der Waals surface area contributed by atoms with Crippen LogP contribution in [0.5, 0.6) is 5.75 Å². The summed E-state index contributed by atoms with van der Waals surface area (Å²) in [5.41, 5.74) is -0.235. The number of likely N-dealkylation sites (tertiary alicyclic amines) is 1. The number of halogens is 3. The van der Waals surface area contributed by atoms with Crippen molar-refractivity contribution in [3.63, 3.8) is 0 Å². The molecular weight excluding hydrogens is 437 g/mol. The highest BCUT2D eigenvalue weighted by Crippen LogP contribution is 2.46. The summed E-state index contributed by atoms with van der Waals surface area (Å²) in [5.74, 6) is -0.173. The average molecular weight is 465 g/mol. The number of amides is 1. The van der Waals surface area contributed by atoms with E-state index in [1.54, 1.807) is 0 Å². The standard InChI is InChI=1S/C20H27F3N2O5S/c1-19(2,3)17-10-12(8-9-25(17)18(26)27)15-11-16(15)24-31(28,29)14-6-4-13(5-7-14)30-20(21,22)23/h4-7,12,15-17,24H,8-11H2,1-3H3,(H,26,27)/t12?,15-,16+,17?/m0/s1. The number of carbonyl (C=O) groups is 1. The Balaban J connectivity index is 1.62. The van der Waals surface area contributed by atoms with Gasteiger partial charge in [0.1, 0.15) is 5.75 Å². The molecule has 0 aromatic heterocycles. The minimum atomic E-state index is -4.85. The van der Waals surface area contributed by atoms with E-state index < -0.39 is 28.2 Å². The number of alkyl halides is 3. The fraction of sp³-hybridized carbons (Fsp3) is 0.650. The maximum Gasteiger partial charge on any atom is 0.573 e. The zero-order chi connectivity index (χ0) is 23.2. The van der Waals surface area contributed by atoms with Crippen LogP contribution in [0.2, 0.25) is 0 Å². The van der Waals surface area contributed by atoms with Crippen molar-refractivity contribution in [3.8, 4) is 5.75 Å². The van der Waals surface area contributed by atoms with Gasteiger partial charge in [-0.3, -0.25) is 0 Å². The molecule has 1 aromatic carbocycles. The first kappa shape index (κ1) is 23.6. The quantitative estimate of drug-likeness (QED) is 0.685. The van der Waals surface area contributed by atoms with Gasteiger partial charge in [0.05, 0.1) is 4.90 Å². The lowest BCUT2D eigenvalue weighted by atomic mass is 9.75. The highest BCUT2D eigenvalue weighted by atomic mass is 32.2. The number of piperidine rings is 1. The van der Waals surface area contributed by atoms with Crippen LogP contribution in [0.25, 0.3) is 0 Å². The van der Waals surface area contributed by atoms with E-state index in [4.69, 9.17) is 0 Å². The number of hydrogen-bond donors (Lipinski definition) is 2. The number of nitrogens with zero attached hydrogens (tertiary/aromatic N) is 1. The van der Waals surface area contributed by atoms with Crippen molar-refractivity contribution in [2.45, 2.75) is 63.4 Å². The van der Waals surface area contributed by atoms with Gasteiger partial charge in [-0.05, 0) is 60.8 Å². The van der Waals surface area contributed by atoms with Crippen LogP contribution in [0.1, 0.15) is 40.0 Å². The summed E-state index contributed by atoms with van der Waals surface area (Å²) in [6.07, 6.45) is -3.79. The molecule has 1 amide bonds. The maximum atomic E-state index is 12.6. The zero-order valence-corrected chi connectivity index (χ0v) is 18.3. The van der Waals surface area contributed by atoms with Crippen LogP contribution < -0.4 is 9.46 Å². The molecule has 4 atom stereocenters. The molecule has 2 fully saturated rings. The van der Waals surface area contributed by atoms with Crippen LogP contribution in [0.4, 0.5) is 18.0 Å². The van der Waals surface area contributed by atoms with Gasteiger partial charge in [-0.15, -0.1) is 13.2 Å². The fourth-order valence-electron chi connectivity index (χ4n) is 4.39. The van der Waals surface area contributed by atoms with Crippen LogP contribution in [0.3, 0.4) is 0 Å². The third kappa shape index (κ3) is 5.82. The zero-order valence-electron chi connectivity index (χ0n) is 17.5. The molecule has 1 saturated carbocycles. The number of ether oxygens (including phenoxy) is 1. The highest BCUT2D eigenvalue weighted by molar-refractivity contribution is 7.89. The second-order valence-corrected chi connectivity index (χ2v) is 11.0. The minimum Gasteiger partial charge on any atom is -0.465 e. The predicted molar refractivity (Wildman–Crippen MR) is 106 cm³/mol. The number of carboxylic acid groups (broad SMARTS) is 1. The first-order valence-electron chi connectivity index (χ1n) is 10.0. The summed E-state index contributed by atoms with van der Waals surface area (Å²) < 4.78 is 68.4. The van der Waals surface area contributed by atoms with Crippen LogP contribution >= 0.6 is 0 Å². The van der Waals surface area contributed by atoms with Crippen molar-refractivity contribution in [1.29, 1.82) is 0 Å². The van der Waals surface area contributed by atoms with Crippen molar-refractivity contribution in [2.75, 3.05) is 6.54 Å². The molecule has 174 valence electrons. The van der Waals surface area contributed by atoms with Crippen LogP contribution in [-0.2, 0) is 10.0 Å². The Bertz CT molecular complexity index is 912. The number of sulfonamides is 1. The normalized spacial score (nSPS) is 27.1. The monoisotopic (exact) mass is 464 g/mol. The molecule has 2 aliphatic rings. The Morgan fingerprint density at radius 3 is 2.29 bits per heavy atom. The van der Waals surface area contributed by atoms with E-state index in [1.807, 2.05) is 20.8 Å². The van der Waals surface area contributed by atoms with Gasteiger partial charge in [0.2, 0.25) is 10.0 Å². The molecule has 11 heteroatoms. The van der Waals surface area contributed by atoms with Crippen LogP contribution in [0, 0.1) is 17.3 Å². The molecule has 1 heterocycles. The van der Waals surface area contributed by atoms with Gasteiger partial charge in [-0.2, -0.15) is 0 Å². The van der Waals surface area contributed by atoms with Crippen molar-refractivity contribution >= 4 is 16.1 Å². The smallest absolute Gasteiger partial charge is 0.465 e. The Hall–Kier alpha value is -2.01. The number of hydrogen-bond acceptors (Lipinski definition) is 4. The van der Waals surface area contributed by atoms with Crippen molar-refractivity contribution < 1.29 is 36.2 Å². The summed E-state index contributed by atoms with van der Waals surface area (Å²) in [7, 11) is -3.89. The van der Waals surface area contributed by atoms with Gasteiger partial charge in [0, 0.05) is 18.6 Å². The summed E-state index contributed by atoms with van der Waals surface area (Å²) in [6.45, 7) is 6.40. The molecule has 2 N–H and O–H groups in total. The largest absolute Gasteiger partial charge is 0.573 e. The lowest BCUT2D eigenvalue weighted by Gasteiger charge is -2.45. The second kappa shape index (κ2) is 8.16. The van der Waals surface area contributed by atoms with Crippen LogP contribution in [0.15, 0.2) is 29.2 Å². The Kier molecular flexibility index (Phi) is 6.22. The van der Waals surface area contributed by atoms with Gasteiger partial charge in [0.25, 0.3) is 0 Å². The number of rotatable bonds is 5. The fourth-order valence-corrected chi connectivity index (χ4v) is 5.69. The molecular formula is C20H27F3N2O5S. The molecule has 0 bridgehead atoms. The Morgan fingerprint density at radius 2 is 1.77 bits per heavy atom. The molecule has 2 unspecified atom stereocenters. The summed E-state index contributed by atoms with van der Waals surface area (Å²) >= 11 is 0. The summed E-state index contributed by atoms with van der Waals surface area (Å²) in [6, 6.07) is 3.65. The van der Waals surface area contributed by atoms with Gasteiger partial charge < -0.3 is 14.7 Å². The van der Waals surface area contributed by atoms with Gasteiger partial charge in [-0.25, -0.2) is 17.9 Å². The van der Waals surface area contributed by atoms with Gasteiger partial charge >= 0.3 is 12.5 Å². The van der Waals surface area contributed by atoms with E-state index >= 15 is 0 Å². The summed E-state index contributed by atoms with van der Waals surface area (Å²) in [5, 5.41) is 9.49. The predicted octanol–water partition coefficient (Wildman–Crippen LogP) is 4.06. The molecule has 1 saturated heterocycles. The van der Waals surface area contributed by atoms with Crippen molar-refractivity contribution in [2.24, 2.45) is 17.3 Å². The van der Waals surface area contributed by atoms with Crippen molar-refractivity contribution in [3.05, 3.63) is 24.3 Å². The van der Waals surface area contributed by atoms with E-state index in [9.17, 15) is 31.5 Å². The molecule has 1 aromatic rings. The van der Waals surface area contributed by atoms with Crippen molar-refractivity contribution in [1.82, 2.24) is 9.62 Å². The minimum absolute atomic E-state index is 0.114. The van der Waals surface area contributed by atoms with Crippen LogP contribution in [-0.4, -0.2) is 49.5 Å². The first-order valence-corrected chi connectivity index (χ1v) is 11.5. The van der Waals surface area contributed by atoms with E-state index in [0.29, 0.717) is 25.8 Å². The summed E-state index contributed by atoms with van der Waals surface area (Å²) in [4.78, 5) is 12.9. The number of benzene rings is 1. The highest BCUT2D eigenvalue weighted by Gasteiger charge is 2.49. The maximum absolute atomic E-state index is 12.6. The molecule has 1 aliphatic heterocycles. The molecule has 3 rings (SSSR count). The number of nitrogens with one attached hydrogen (secondary N) is 1. The lowest BCUT2D eigenvalue weighted by Crippen LogP contribution is -2.52. The van der Waals surface area contributed by atoms with E-state index in [0.717, 1.165) is 24.3 Å². The lowest BCUT2D eigenvalue weighted by molar-refractivity contribution is -0.274. The average Bonchev–Trinajstić information content (AvgIpc) is 3.37. The topological polar surface area (TPSA) is 95.9 Å². The molecule has 0 radical (unpaired) electrons. The van der Waals surface area contributed by atoms with E-state index in [2.05, 4.69) is 9.46 Å². The SMILES string of the molecule is CC(C)(C)C1CC([C@@H]2C[C@H]2NS(=O)(=O)c2ccc(OC(F)(F)F)cc2)CCN1C(=O)O. The molecule has 0 spiro atoms. The molecule has 7 nitrogen and oxygen atoms in total. The van der Waals surface area contributed by atoms with Gasteiger partial charge in [-0.1, -0.05) is 20.8 Å². The van der Waals surface area contributed by atoms with E-state index in [-0.39, 0.29) is 34.2 Å². The first-order chi connectivity index (χ1) is 14.2. The van der Waals surface area contributed by atoms with Gasteiger partial charge in [0.15, 0.2) is 0 Å². The molecule has 31 heavy (non-hydrogen) atoms. The third-order valence-electron chi connectivity index (χ3n) is 6.01. The third-order valence-corrected chi connectivity index (χ3v) is 7.51. The second-order valence-electron chi connectivity index (χ2n) is 9.29.